The highest BCUT2D eigenvalue weighted by atomic mass is 32.3. The highest BCUT2D eigenvalue weighted by Crippen LogP contribution is 2.12. The van der Waals surface area contributed by atoms with E-state index in [0.717, 1.165) is 7.11 Å². The Bertz CT molecular complexity index is 671. The summed E-state index contributed by atoms with van der Waals surface area (Å²) in [4.78, 5) is 34.4. The highest BCUT2D eigenvalue weighted by molar-refractivity contribution is 7.81. The molecule has 0 fully saturated rings. The first kappa shape index (κ1) is 19.2. The summed E-state index contributed by atoms with van der Waals surface area (Å²) in [7, 11) is -3.11. The fourth-order valence-electron chi connectivity index (χ4n) is 1.67. The van der Waals surface area contributed by atoms with Crippen LogP contribution in [0.4, 0.5) is 0 Å². The molecule has 0 bridgehead atoms. The zero-order chi connectivity index (χ0) is 17.5. The van der Waals surface area contributed by atoms with Gasteiger partial charge in [0, 0.05) is 19.3 Å². The Hall–Kier alpha value is -1.84. The maximum atomic E-state index is 11.8. The van der Waals surface area contributed by atoms with Gasteiger partial charge in [0.05, 0.1) is 20.1 Å². The molecule has 0 aromatic carbocycles. The van der Waals surface area contributed by atoms with Crippen LogP contribution in [0.2, 0.25) is 0 Å². The molecule has 8 nitrogen and oxygen atoms in total. The summed E-state index contributed by atoms with van der Waals surface area (Å²) in [5, 5.41) is 0. The van der Waals surface area contributed by atoms with E-state index in [1.54, 1.807) is 6.07 Å². The highest BCUT2D eigenvalue weighted by Gasteiger charge is 2.15. The number of hydrogen-bond donors (Lipinski definition) is 0. The van der Waals surface area contributed by atoms with E-state index in [2.05, 4.69) is 8.37 Å². The fraction of sp³-hybridized carbons (Fsp3) is 0.500. The summed E-state index contributed by atoms with van der Waals surface area (Å²) in [6.45, 7) is 1.07. The molecule has 9 heteroatoms. The van der Waals surface area contributed by atoms with Crippen LogP contribution in [0.25, 0.3) is 0 Å². The number of carbonyl (C=O) groups excluding carboxylic acids is 3. The van der Waals surface area contributed by atoms with Crippen molar-refractivity contribution < 1.29 is 35.6 Å². The van der Waals surface area contributed by atoms with Crippen molar-refractivity contribution in [2.45, 2.75) is 32.6 Å². The summed E-state index contributed by atoms with van der Waals surface area (Å²) in [6.07, 6.45) is -0.165. The number of Topliss-reactive ketones (excluding diaryl/α,β-unsaturated/α-hetero) is 3. The first-order valence-electron chi connectivity index (χ1n) is 6.81. The number of rotatable bonds is 11. The zero-order valence-corrected chi connectivity index (χ0v) is 13.7. The largest absolute Gasteiger partial charge is 0.458 e. The third kappa shape index (κ3) is 7.31. The molecule has 128 valence electrons. The Balaban J connectivity index is 2.36. The Labute approximate surface area is 134 Å². The molecule has 23 heavy (non-hydrogen) atoms. The standard InChI is InChI=1S/C14H18O8S/c1-10(15)9-12-4-6-14(22-12)13(17)5-3-11(16)7-8-21-23(18,19)20-2/h4,6H,3,5,7-9H2,1-2H3. The molecule has 1 rings (SSSR count). The third-order valence-electron chi connectivity index (χ3n) is 2.80. The van der Waals surface area contributed by atoms with Crippen LogP contribution in [-0.4, -0.2) is 39.5 Å². The minimum atomic E-state index is -4.06. The Morgan fingerprint density at radius 2 is 1.83 bits per heavy atom. The summed E-state index contributed by atoms with van der Waals surface area (Å²) in [5.41, 5.74) is 0. The van der Waals surface area contributed by atoms with Crippen LogP contribution in [0.3, 0.4) is 0 Å². The summed E-state index contributed by atoms with van der Waals surface area (Å²) >= 11 is 0. The predicted octanol–water partition coefficient (Wildman–Crippen LogP) is 1.24. The summed E-state index contributed by atoms with van der Waals surface area (Å²) in [5.74, 6) is -0.282. The molecule has 1 aromatic heterocycles. The molecule has 1 heterocycles. The van der Waals surface area contributed by atoms with Crippen molar-refractivity contribution in [3.8, 4) is 0 Å². The molecule has 0 amide bonds. The molecule has 0 saturated carbocycles. The lowest BCUT2D eigenvalue weighted by molar-refractivity contribution is -0.119. The number of furan rings is 1. The third-order valence-corrected chi connectivity index (χ3v) is 3.67. The van der Waals surface area contributed by atoms with Crippen LogP contribution >= 0.6 is 0 Å². The Morgan fingerprint density at radius 1 is 1.13 bits per heavy atom. The van der Waals surface area contributed by atoms with Gasteiger partial charge in [-0.1, -0.05) is 0 Å². The first-order valence-corrected chi connectivity index (χ1v) is 8.15. The molecule has 0 radical (unpaired) electrons. The minimum Gasteiger partial charge on any atom is -0.458 e. The van der Waals surface area contributed by atoms with Gasteiger partial charge in [-0.25, -0.2) is 4.18 Å². The molecular weight excluding hydrogens is 328 g/mol. The molecule has 0 spiro atoms. The monoisotopic (exact) mass is 346 g/mol. The lowest BCUT2D eigenvalue weighted by Crippen LogP contribution is -2.12. The van der Waals surface area contributed by atoms with Gasteiger partial charge in [0.15, 0.2) is 11.5 Å². The normalized spacial score (nSPS) is 11.4. The van der Waals surface area contributed by atoms with E-state index in [1.807, 2.05) is 0 Å². The Kier molecular flexibility index (Phi) is 7.27. The maximum Gasteiger partial charge on any atom is 0.399 e. The molecule has 0 saturated heterocycles. The smallest absolute Gasteiger partial charge is 0.399 e. The number of ketones is 3. The Morgan fingerprint density at radius 3 is 2.43 bits per heavy atom. The summed E-state index contributed by atoms with van der Waals surface area (Å²) in [6, 6.07) is 3.00. The van der Waals surface area contributed by atoms with Crippen LogP contribution in [0.5, 0.6) is 0 Å². The van der Waals surface area contributed by atoms with E-state index in [1.165, 1.54) is 13.0 Å². The molecular formula is C14H18O8S. The molecule has 0 unspecified atom stereocenters. The van der Waals surface area contributed by atoms with Gasteiger partial charge in [-0.05, 0) is 19.1 Å². The lowest BCUT2D eigenvalue weighted by Gasteiger charge is -2.02. The lowest BCUT2D eigenvalue weighted by atomic mass is 10.1. The van der Waals surface area contributed by atoms with Crippen molar-refractivity contribution in [2.24, 2.45) is 0 Å². The van der Waals surface area contributed by atoms with E-state index >= 15 is 0 Å². The van der Waals surface area contributed by atoms with Crippen molar-refractivity contribution in [1.29, 1.82) is 0 Å². The topological polar surface area (TPSA) is 117 Å². The van der Waals surface area contributed by atoms with Gasteiger partial charge in [0.1, 0.15) is 17.3 Å². The molecule has 0 atom stereocenters. The van der Waals surface area contributed by atoms with Crippen LogP contribution in [0.1, 0.15) is 42.5 Å². The molecule has 0 aliphatic heterocycles. The van der Waals surface area contributed by atoms with Crippen LogP contribution < -0.4 is 0 Å². The molecule has 0 aliphatic rings. The van der Waals surface area contributed by atoms with Crippen LogP contribution in [0, 0.1) is 0 Å². The van der Waals surface area contributed by atoms with E-state index in [9.17, 15) is 22.8 Å². The predicted molar refractivity (Wildman–Crippen MR) is 78.2 cm³/mol. The number of hydrogen-bond acceptors (Lipinski definition) is 8. The van der Waals surface area contributed by atoms with E-state index in [4.69, 9.17) is 4.42 Å². The fourth-order valence-corrected chi connectivity index (χ4v) is 2.06. The zero-order valence-electron chi connectivity index (χ0n) is 12.9. The van der Waals surface area contributed by atoms with Crippen molar-refractivity contribution in [2.75, 3.05) is 13.7 Å². The average molecular weight is 346 g/mol. The van der Waals surface area contributed by atoms with Crippen molar-refractivity contribution >= 4 is 27.7 Å². The van der Waals surface area contributed by atoms with Crippen molar-refractivity contribution in [3.63, 3.8) is 0 Å². The van der Waals surface area contributed by atoms with Gasteiger partial charge in [-0.15, -0.1) is 0 Å². The van der Waals surface area contributed by atoms with Gasteiger partial charge < -0.3 is 4.42 Å². The van der Waals surface area contributed by atoms with E-state index in [0.29, 0.717) is 5.76 Å². The molecule has 0 N–H and O–H groups in total. The molecule has 1 aromatic rings. The van der Waals surface area contributed by atoms with E-state index in [-0.39, 0.29) is 55.4 Å². The first-order chi connectivity index (χ1) is 10.7. The van der Waals surface area contributed by atoms with Crippen molar-refractivity contribution in [3.05, 3.63) is 23.7 Å². The summed E-state index contributed by atoms with van der Waals surface area (Å²) < 4.78 is 35.4. The van der Waals surface area contributed by atoms with Crippen LogP contribution in [-0.2, 0) is 34.8 Å². The van der Waals surface area contributed by atoms with Gasteiger partial charge in [0.2, 0.25) is 0 Å². The van der Waals surface area contributed by atoms with Gasteiger partial charge in [-0.3, -0.25) is 18.6 Å². The average Bonchev–Trinajstić information content (AvgIpc) is 2.92. The second-order valence-electron chi connectivity index (χ2n) is 4.75. The maximum absolute atomic E-state index is 11.8. The second-order valence-corrected chi connectivity index (χ2v) is 6.14. The molecule has 0 aliphatic carbocycles. The SMILES string of the molecule is COS(=O)(=O)OCCC(=O)CCC(=O)c1ccc(CC(C)=O)o1. The number of carbonyl (C=O) groups is 3. The quantitative estimate of drug-likeness (QED) is 0.549. The van der Waals surface area contributed by atoms with Gasteiger partial charge in [-0.2, -0.15) is 8.42 Å². The van der Waals surface area contributed by atoms with Crippen LogP contribution in [0.15, 0.2) is 16.5 Å². The second kappa shape index (κ2) is 8.70. The van der Waals surface area contributed by atoms with Gasteiger partial charge in [0.25, 0.3) is 0 Å². The minimum absolute atomic E-state index is 0.0576. The van der Waals surface area contributed by atoms with Gasteiger partial charge >= 0.3 is 10.4 Å². The van der Waals surface area contributed by atoms with Crippen molar-refractivity contribution in [1.82, 2.24) is 0 Å². The van der Waals surface area contributed by atoms with E-state index < -0.39 is 10.4 Å².